The average molecular weight is 398 g/mol. The number of carbonyl (C=O) groups is 2. The predicted octanol–water partition coefficient (Wildman–Crippen LogP) is 4.16. The summed E-state index contributed by atoms with van der Waals surface area (Å²) in [6.45, 7) is 1.80. The molecule has 0 bridgehead atoms. The van der Waals surface area contributed by atoms with Crippen LogP contribution in [0.2, 0.25) is 0 Å². The van der Waals surface area contributed by atoms with Gasteiger partial charge >= 0.3 is 5.91 Å². The Labute approximate surface area is 166 Å². The standard InChI is InChI=1S/C21H22N2O4S/c1-12-15-11-14(26-2)8-9-16(15)27-19(12)21(25)23-22-20(24)18-10-13-6-4-3-5-7-17(13)28-18/h8-11H,3-7H2,1-2H3,(H,22,24)(H,23,25). The number of thiophene rings is 1. The second-order valence-corrected chi connectivity index (χ2v) is 8.08. The molecule has 0 fully saturated rings. The highest BCUT2D eigenvalue weighted by atomic mass is 32.1. The van der Waals surface area contributed by atoms with Crippen LogP contribution < -0.4 is 15.6 Å². The molecule has 2 heterocycles. The van der Waals surface area contributed by atoms with Gasteiger partial charge in [0.1, 0.15) is 11.3 Å². The fourth-order valence-corrected chi connectivity index (χ4v) is 4.70. The lowest BCUT2D eigenvalue weighted by Crippen LogP contribution is -2.41. The summed E-state index contributed by atoms with van der Waals surface area (Å²) >= 11 is 1.51. The number of benzene rings is 1. The molecule has 2 aromatic heterocycles. The molecule has 2 amide bonds. The molecule has 6 nitrogen and oxygen atoms in total. The van der Waals surface area contributed by atoms with Gasteiger partial charge in [0.25, 0.3) is 5.91 Å². The number of carbonyl (C=O) groups excluding carboxylic acids is 2. The number of furan rings is 1. The Morgan fingerprint density at radius 1 is 1.07 bits per heavy atom. The Hall–Kier alpha value is -2.80. The highest BCUT2D eigenvalue weighted by Gasteiger charge is 2.20. The number of ether oxygens (including phenoxy) is 1. The topological polar surface area (TPSA) is 80.6 Å². The van der Waals surface area contributed by atoms with Crippen molar-refractivity contribution >= 4 is 34.1 Å². The van der Waals surface area contributed by atoms with E-state index >= 15 is 0 Å². The van der Waals surface area contributed by atoms with Crippen molar-refractivity contribution in [3.05, 3.63) is 50.9 Å². The van der Waals surface area contributed by atoms with E-state index in [0.717, 1.165) is 24.6 Å². The van der Waals surface area contributed by atoms with Crippen molar-refractivity contribution in [1.82, 2.24) is 10.9 Å². The van der Waals surface area contributed by atoms with E-state index in [-0.39, 0.29) is 11.7 Å². The smallest absolute Gasteiger partial charge is 0.305 e. The number of fused-ring (bicyclic) bond motifs is 2. The summed E-state index contributed by atoms with van der Waals surface area (Å²) < 4.78 is 10.9. The minimum atomic E-state index is -0.487. The Morgan fingerprint density at radius 2 is 1.86 bits per heavy atom. The molecule has 1 aromatic carbocycles. The second kappa shape index (κ2) is 7.67. The van der Waals surface area contributed by atoms with E-state index in [2.05, 4.69) is 10.9 Å². The Morgan fingerprint density at radius 3 is 2.68 bits per heavy atom. The maximum atomic E-state index is 12.5. The molecule has 0 radical (unpaired) electrons. The summed E-state index contributed by atoms with van der Waals surface area (Å²) in [5, 5.41) is 0.804. The third kappa shape index (κ3) is 3.49. The number of amides is 2. The zero-order chi connectivity index (χ0) is 19.7. The molecule has 7 heteroatoms. The first-order chi connectivity index (χ1) is 13.6. The van der Waals surface area contributed by atoms with Crippen LogP contribution in [0.5, 0.6) is 5.75 Å². The summed E-state index contributed by atoms with van der Waals surface area (Å²) in [5.74, 6) is 0.0700. The zero-order valence-electron chi connectivity index (χ0n) is 15.9. The van der Waals surface area contributed by atoms with Crippen LogP contribution in [0.1, 0.15) is 55.5 Å². The van der Waals surface area contributed by atoms with Crippen molar-refractivity contribution in [3.63, 3.8) is 0 Å². The Kier molecular flexibility index (Phi) is 5.09. The van der Waals surface area contributed by atoms with Crippen molar-refractivity contribution < 1.29 is 18.7 Å². The quantitative estimate of drug-likeness (QED) is 0.513. The molecule has 0 unspecified atom stereocenters. The van der Waals surface area contributed by atoms with Gasteiger partial charge in [-0.1, -0.05) is 6.42 Å². The van der Waals surface area contributed by atoms with Crippen LogP contribution in [0.25, 0.3) is 11.0 Å². The predicted molar refractivity (Wildman–Crippen MR) is 108 cm³/mol. The number of methoxy groups -OCH3 is 1. The molecule has 3 aromatic rings. The molecule has 2 N–H and O–H groups in total. The number of aryl methyl sites for hydroxylation is 3. The molecular formula is C21H22N2O4S. The van der Waals surface area contributed by atoms with Crippen molar-refractivity contribution in [1.29, 1.82) is 0 Å². The van der Waals surface area contributed by atoms with Crippen molar-refractivity contribution in [3.8, 4) is 5.75 Å². The van der Waals surface area contributed by atoms with Gasteiger partial charge in [0.05, 0.1) is 12.0 Å². The van der Waals surface area contributed by atoms with Gasteiger partial charge in [-0.05, 0) is 62.4 Å². The van der Waals surface area contributed by atoms with Crippen molar-refractivity contribution in [2.75, 3.05) is 7.11 Å². The highest BCUT2D eigenvalue weighted by molar-refractivity contribution is 7.14. The Bertz CT molecular complexity index is 1030. The maximum Gasteiger partial charge on any atom is 0.305 e. The van der Waals surface area contributed by atoms with Crippen molar-refractivity contribution in [2.24, 2.45) is 0 Å². The molecule has 0 saturated heterocycles. The van der Waals surface area contributed by atoms with E-state index in [1.54, 1.807) is 26.2 Å². The summed E-state index contributed by atoms with van der Waals surface area (Å²) in [6.07, 6.45) is 5.62. The molecule has 0 aliphatic heterocycles. The van der Waals surface area contributed by atoms with E-state index in [9.17, 15) is 9.59 Å². The lowest BCUT2D eigenvalue weighted by Gasteiger charge is -2.05. The largest absolute Gasteiger partial charge is 0.497 e. The first-order valence-corrected chi connectivity index (χ1v) is 10.2. The van der Waals surface area contributed by atoms with Crippen molar-refractivity contribution in [2.45, 2.75) is 39.0 Å². The van der Waals surface area contributed by atoms with Gasteiger partial charge in [0.2, 0.25) is 0 Å². The SMILES string of the molecule is COc1ccc2oc(C(=O)NNC(=O)c3cc4c(s3)CCCCC4)c(C)c2c1. The van der Waals surface area contributed by atoms with E-state index in [4.69, 9.17) is 9.15 Å². The van der Waals surface area contributed by atoms with E-state index < -0.39 is 5.91 Å². The van der Waals surface area contributed by atoms with Gasteiger partial charge in [0, 0.05) is 15.8 Å². The summed E-state index contributed by atoms with van der Waals surface area (Å²) in [5.41, 5.74) is 7.52. The maximum absolute atomic E-state index is 12.5. The molecule has 28 heavy (non-hydrogen) atoms. The fourth-order valence-electron chi connectivity index (χ4n) is 3.55. The van der Waals surface area contributed by atoms with Gasteiger partial charge in [-0.2, -0.15) is 0 Å². The van der Waals surface area contributed by atoms with Gasteiger partial charge in [0.15, 0.2) is 5.76 Å². The molecular weight excluding hydrogens is 376 g/mol. The van der Waals surface area contributed by atoms with E-state index in [1.807, 2.05) is 12.1 Å². The lowest BCUT2D eigenvalue weighted by molar-refractivity contribution is 0.0833. The summed E-state index contributed by atoms with van der Waals surface area (Å²) in [7, 11) is 1.59. The van der Waals surface area contributed by atoms with Gasteiger partial charge in [-0.15, -0.1) is 11.3 Å². The first-order valence-electron chi connectivity index (χ1n) is 9.36. The number of hydrazine groups is 1. The normalized spacial score (nSPS) is 13.6. The van der Waals surface area contributed by atoms with Gasteiger partial charge in [-0.3, -0.25) is 20.4 Å². The lowest BCUT2D eigenvalue weighted by atomic mass is 10.1. The van der Waals surface area contributed by atoms with Crippen LogP contribution in [0.15, 0.2) is 28.7 Å². The van der Waals surface area contributed by atoms with E-state index in [1.165, 1.54) is 34.6 Å². The van der Waals surface area contributed by atoms with Crippen LogP contribution in [0.3, 0.4) is 0 Å². The van der Waals surface area contributed by atoms with Gasteiger partial charge < -0.3 is 9.15 Å². The fraction of sp³-hybridized carbons (Fsp3) is 0.333. The summed E-state index contributed by atoms with van der Waals surface area (Å²) in [6, 6.07) is 7.30. The van der Waals surface area contributed by atoms with Crippen LogP contribution in [-0.4, -0.2) is 18.9 Å². The molecule has 0 atom stereocenters. The monoisotopic (exact) mass is 398 g/mol. The number of hydrogen-bond acceptors (Lipinski definition) is 5. The minimum Gasteiger partial charge on any atom is -0.497 e. The number of nitrogens with one attached hydrogen (secondary N) is 2. The number of hydrogen-bond donors (Lipinski definition) is 2. The molecule has 0 spiro atoms. The van der Waals surface area contributed by atoms with E-state index in [0.29, 0.717) is 21.8 Å². The van der Waals surface area contributed by atoms with Crippen LogP contribution >= 0.6 is 11.3 Å². The summed E-state index contributed by atoms with van der Waals surface area (Å²) in [4.78, 5) is 26.9. The zero-order valence-corrected chi connectivity index (χ0v) is 16.7. The molecule has 0 saturated carbocycles. The first kappa shape index (κ1) is 18.6. The molecule has 1 aliphatic rings. The Balaban J connectivity index is 1.46. The molecule has 4 rings (SSSR count). The van der Waals surface area contributed by atoms with Crippen LogP contribution in [-0.2, 0) is 12.8 Å². The molecule has 146 valence electrons. The second-order valence-electron chi connectivity index (χ2n) is 6.95. The highest BCUT2D eigenvalue weighted by Crippen LogP contribution is 2.30. The van der Waals surface area contributed by atoms with Crippen LogP contribution in [0, 0.1) is 6.92 Å². The number of rotatable bonds is 3. The third-order valence-corrected chi connectivity index (χ3v) is 6.35. The average Bonchev–Trinajstić information content (AvgIpc) is 3.19. The van der Waals surface area contributed by atoms with Crippen LogP contribution in [0.4, 0.5) is 0 Å². The third-order valence-electron chi connectivity index (χ3n) is 5.11. The molecule has 1 aliphatic carbocycles. The minimum absolute atomic E-state index is 0.172. The van der Waals surface area contributed by atoms with Gasteiger partial charge in [-0.25, -0.2) is 0 Å².